The topological polar surface area (TPSA) is 77.8 Å². The van der Waals surface area contributed by atoms with Gasteiger partial charge in [0.1, 0.15) is 0 Å². The molecule has 1 aliphatic heterocycles. The van der Waals surface area contributed by atoms with Crippen molar-refractivity contribution in [1.29, 1.82) is 0 Å². The van der Waals surface area contributed by atoms with Crippen LogP contribution in [0.3, 0.4) is 0 Å². The van der Waals surface area contributed by atoms with E-state index in [0.29, 0.717) is 0 Å². The van der Waals surface area contributed by atoms with Crippen molar-refractivity contribution in [2.24, 2.45) is 0 Å². The van der Waals surface area contributed by atoms with Crippen molar-refractivity contribution in [1.82, 2.24) is 4.90 Å². The third kappa shape index (κ3) is 1.32. The van der Waals surface area contributed by atoms with Crippen LogP contribution in [0.5, 0.6) is 0 Å². The van der Waals surface area contributed by atoms with Gasteiger partial charge in [-0.15, -0.1) is 0 Å². The Kier molecular flexibility index (Phi) is 1.91. The minimum absolute atomic E-state index is 0.0574. The fourth-order valence-corrected chi connectivity index (χ4v) is 1.11. The number of halogens is 1. The Morgan fingerprint density at radius 1 is 1.42 bits per heavy atom. The van der Waals surface area contributed by atoms with Gasteiger partial charge in [0.25, 0.3) is 0 Å². The van der Waals surface area contributed by atoms with Crippen molar-refractivity contribution >= 4 is 12.1 Å². The fraction of sp³-hybridized carbons (Fsp3) is 0.667. The summed E-state index contributed by atoms with van der Waals surface area (Å²) in [5.74, 6) is -1.59. The first kappa shape index (κ1) is 8.76. The van der Waals surface area contributed by atoms with E-state index in [0.717, 1.165) is 4.90 Å². The van der Waals surface area contributed by atoms with Gasteiger partial charge in [0, 0.05) is 13.0 Å². The summed E-state index contributed by atoms with van der Waals surface area (Å²) in [6, 6.07) is 0. The Balaban J connectivity index is 2.67. The fourth-order valence-electron chi connectivity index (χ4n) is 1.11. The first-order chi connectivity index (χ1) is 5.46. The number of amides is 1. The Bertz CT molecular complexity index is 232. The molecule has 0 bridgehead atoms. The molecular weight excluding hydrogens is 169 g/mol. The van der Waals surface area contributed by atoms with Crippen LogP contribution in [0, 0.1) is 0 Å². The molecule has 1 aliphatic rings. The van der Waals surface area contributed by atoms with Crippen LogP contribution in [0.25, 0.3) is 0 Å². The van der Waals surface area contributed by atoms with E-state index < -0.39 is 24.3 Å². The summed E-state index contributed by atoms with van der Waals surface area (Å²) < 4.78 is 13.1. The van der Waals surface area contributed by atoms with Gasteiger partial charge in [-0.3, -0.25) is 0 Å². The van der Waals surface area contributed by atoms with Crippen LogP contribution in [-0.4, -0.2) is 45.9 Å². The minimum atomic E-state index is -2.39. The molecule has 0 radical (unpaired) electrons. The van der Waals surface area contributed by atoms with Crippen LogP contribution in [-0.2, 0) is 4.79 Å². The molecule has 12 heavy (non-hydrogen) atoms. The maximum atomic E-state index is 13.1. The van der Waals surface area contributed by atoms with E-state index in [-0.39, 0.29) is 13.0 Å². The molecule has 5 nitrogen and oxygen atoms in total. The molecule has 6 heteroatoms. The van der Waals surface area contributed by atoms with Crippen LogP contribution >= 0.6 is 0 Å². The summed E-state index contributed by atoms with van der Waals surface area (Å²) >= 11 is 0. The van der Waals surface area contributed by atoms with Crippen LogP contribution in [0.1, 0.15) is 6.42 Å². The first-order valence-electron chi connectivity index (χ1n) is 3.36. The lowest BCUT2D eigenvalue weighted by atomic mass is 10.1. The summed E-state index contributed by atoms with van der Waals surface area (Å²) in [6.45, 7) is -0.629. The highest BCUT2D eigenvalue weighted by atomic mass is 19.1. The van der Waals surface area contributed by atoms with Crippen molar-refractivity contribution in [2.45, 2.75) is 12.1 Å². The Morgan fingerprint density at radius 3 is 2.25 bits per heavy atom. The molecule has 0 spiro atoms. The third-order valence-corrected chi connectivity index (χ3v) is 1.87. The van der Waals surface area contributed by atoms with Gasteiger partial charge in [0.15, 0.2) is 0 Å². The second-order valence-electron chi connectivity index (χ2n) is 2.72. The SMILES string of the molecule is O=C(O)N1CC[C@](F)(C(=O)O)C1. The van der Waals surface area contributed by atoms with Crippen molar-refractivity contribution in [3.63, 3.8) is 0 Å². The summed E-state index contributed by atoms with van der Waals surface area (Å²) in [6.07, 6.45) is -1.55. The Hall–Kier alpha value is -1.33. The van der Waals surface area contributed by atoms with E-state index in [9.17, 15) is 14.0 Å². The lowest BCUT2D eigenvalue weighted by molar-refractivity contribution is -0.149. The van der Waals surface area contributed by atoms with E-state index in [1.165, 1.54) is 0 Å². The van der Waals surface area contributed by atoms with Gasteiger partial charge in [0.2, 0.25) is 5.67 Å². The number of carboxylic acid groups (broad SMARTS) is 2. The number of nitrogens with zero attached hydrogens (tertiary/aromatic N) is 1. The molecule has 1 heterocycles. The molecule has 0 aromatic heterocycles. The van der Waals surface area contributed by atoms with Gasteiger partial charge >= 0.3 is 12.1 Å². The van der Waals surface area contributed by atoms with Crippen LogP contribution in [0.15, 0.2) is 0 Å². The quantitative estimate of drug-likeness (QED) is 0.598. The Labute approximate surface area is 67.4 Å². The van der Waals surface area contributed by atoms with Crippen molar-refractivity contribution in [3.05, 3.63) is 0 Å². The molecular formula is C6H8FNO4. The minimum Gasteiger partial charge on any atom is -0.479 e. The van der Waals surface area contributed by atoms with Gasteiger partial charge in [-0.1, -0.05) is 0 Å². The van der Waals surface area contributed by atoms with E-state index in [1.807, 2.05) is 0 Å². The van der Waals surface area contributed by atoms with Crippen LogP contribution in [0.4, 0.5) is 9.18 Å². The monoisotopic (exact) mass is 177 g/mol. The Morgan fingerprint density at radius 2 is 2.00 bits per heavy atom. The zero-order chi connectivity index (χ0) is 9.35. The van der Waals surface area contributed by atoms with Crippen molar-refractivity contribution < 1.29 is 24.2 Å². The molecule has 0 unspecified atom stereocenters. The van der Waals surface area contributed by atoms with Crippen LogP contribution in [0.2, 0.25) is 0 Å². The summed E-state index contributed by atoms with van der Waals surface area (Å²) in [5, 5.41) is 16.8. The highest BCUT2D eigenvalue weighted by Crippen LogP contribution is 2.25. The van der Waals surface area contributed by atoms with E-state index in [4.69, 9.17) is 10.2 Å². The molecule has 0 aromatic carbocycles. The summed E-state index contributed by atoms with van der Waals surface area (Å²) in [5.41, 5.74) is -2.39. The number of alkyl halides is 1. The van der Waals surface area contributed by atoms with Crippen molar-refractivity contribution in [3.8, 4) is 0 Å². The predicted octanol–water partition coefficient (Wildman–Crippen LogP) is 0.163. The summed E-state index contributed by atoms with van der Waals surface area (Å²) in [7, 11) is 0. The molecule has 68 valence electrons. The normalized spacial score (nSPS) is 28.9. The standard InChI is InChI=1S/C6H8FNO4/c7-6(4(9)10)1-2-8(3-6)5(11)12/h1-3H2,(H,9,10)(H,11,12)/t6-/m1/s1. The molecule has 1 rings (SSSR count). The molecule has 2 N–H and O–H groups in total. The number of carbonyl (C=O) groups is 2. The molecule has 1 fully saturated rings. The number of hydrogen-bond acceptors (Lipinski definition) is 2. The molecule has 0 aromatic rings. The number of likely N-dealkylation sites (tertiary alicyclic amines) is 1. The number of aliphatic carboxylic acids is 1. The van der Waals surface area contributed by atoms with Gasteiger partial charge in [-0.2, -0.15) is 0 Å². The average molecular weight is 177 g/mol. The lowest BCUT2D eigenvalue weighted by Crippen LogP contribution is -2.38. The third-order valence-electron chi connectivity index (χ3n) is 1.87. The summed E-state index contributed by atoms with van der Waals surface area (Å²) in [4.78, 5) is 21.3. The largest absolute Gasteiger partial charge is 0.479 e. The second-order valence-corrected chi connectivity index (χ2v) is 2.72. The first-order valence-corrected chi connectivity index (χ1v) is 3.36. The van der Waals surface area contributed by atoms with Gasteiger partial charge in [-0.05, 0) is 0 Å². The van der Waals surface area contributed by atoms with Crippen LogP contribution < -0.4 is 0 Å². The smallest absolute Gasteiger partial charge is 0.407 e. The maximum Gasteiger partial charge on any atom is 0.407 e. The van der Waals surface area contributed by atoms with Gasteiger partial charge in [0.05, 0.1) is 6.54 Å². The zero-order valence-electron chi connectivity index (χ0n) is 6.16. The molecule has 0 saturated carbocycles. The van der Waals surface area contributed by atoms with E-state index >= 15 is 0 Å². The second kappa shape index (κ2) is 2.62. The van der Waals surface area contributed by atoms with Crippen molar-refractivity contribution in [2.75, 3.05) is 13.1 Å². The number of rotatable bonds is 1. The molecule has 1 saturated heterocycles. The molecule has 1 atom stereocenters. The molecule has 1 amide bonds. The number of carboxylic acids is 1. The van der Waals surface area contributed by atoms with Gasteiger partial charge in [-0.25, -0.2) is 14.0 Å². The maximum absolute atomic E-state index is 13.1. The van der Waals surface area contributed by atoms with E-state index in [2.05, 4.69) is 0 Å². The van der Waals surface area contributed by atoms with E-state index in [1.54, 1.807) is 0 Å². The zero-order valence-corrected chi connectivity index (χ0v) is 6.16. The predicted molar refractivity (Wildman–Crippen MR) is 35.7 cm³/mol. The number of hydrogen-bond donors (Lipinski definition) is 2. The van der Waals surface area contributed by atoms with Gasteiger partial charge < -0.3 is 15.1 Å². The average Bonchev–Trinajstić information content (AvgIpc) is 2.33. The lowest BCUT2D eigenvalue weighted by Gasteiger charge is -2.13. The highest BCUT2D eigenvalue weighted by molar-refractivity contribution is 5.79. The molecule has 0 aliphatic carbocycles. The highest BCUT2D eigenvalue weighted by Gasteiger charge is 2.46.